The lowest BCUT2D eigenvalue weighted by molar-refractivity contribution is -0.145. The van der Waals surface area contributed by atoms with E-state index in [0.29, 0.717) is 43.9 Å². The zero-order chi connectivity index (χ0) is 17.1. The van der Waals surface area contributed by atoms with E-state index in [4.69, 9.17) is 4.74 Å². The Bertz CT molecular complexity index is 463. The molecule has 0 bridgehead atoms. The van der Waals surface area contributed by atoms with E-state index in [-0.39, 0.29) is 17.9 Å². The molecule has 136 valence electrons. The number of hydrogen-bond acceptors (Lipinski definition) is 3. The molecule has 5 nitrogen and oxygen atoms in total. The van der Waals surface area contributed by atoms with E-state index in [1.807, 2.05) is 6.92 Å². The van der Waals surface area contributed by atoms with Crippen LogP contribution in [0.25, 0.3) is 0 Å². The van der Waals surface area contributed by atoms with E-state index in [9.17, 15) is 14.0 Å². The third-order valence-corrected chi connectivity index (χ3v) is 5.54. The average molecular weight is 340 g/mol. The van der Waals surface area contributed by atoms with Crippen LogP contribution in [0.2, 0.25) is 0 Å². The summed E-state index contributed by atoms with van der Waals surface area (Å²) in [6.07, 6.45) is 4.73. The molecular formula is C18H29FN2O3. The first-order valence-electron chi connectivity index (χ1n) is 9.39. The number of nitrogens with one attached hydrogen (secondary N) is 1. The van der Waals surface area contributed by atoms with Gasteiger partial charge in [0.2, 0.25) is 5.91 Å². The zero-order valence-electron chi connectivity index (χ0n) is 14.5. The highest BCUT2D eigenvalue weighted by Gasteiger charge is 2.38. The largest absolute Gasteiger partial charge is 0.378 e. The maximum absolute atomic E-state index is 14.0. The molecule has 2 aliphatic carbocycles. The summed E-state index contributed by atoms with van der Waals surface area (Å²) in [5.41, 5.74) is 0. The van der Waals surface area contributed by atoms with E-state index < -0.39 is 6.17 Å². The quantitative estimate of drug-likeness (QED) is 0.699. The van der Waals surface area contributed by atoms with Gasteiger partial charge in [-0.15, -0.1) is 0 Å². The number of halogens is 1. The Labute approximate surface area is 143 Å². The molecule has 3 rings (SSSR count). The number of nitrogens with zero attached hydrogens (tertiary/aromatic N) is 1. The molecule has 6 heteroatoms. The van der Waals surface area contributed by atoms with Gasteiger partial charge in [0.05, 0.1) is 12.1 Å². The molecule has 0 aromatic heterocycles. The van der Waals surface area contributed by atoms with Crippen molar-refractivity contribution in [1.29, 1.82) is 0 Å². The van der Waals surface area contributed by atoms with Gasteiger partial charge in [-0.2, -0.15) is 0 Å². The standard InChI is InChI=1S/C18H29FN2O3/c1-2-24-15-7-13(8-15)10-17(22)20-11-14-5-6-21(14)18(23)16(19)9-12-3-4-12/h12-16H,2-11H2,1H3,(H,20,22). The van der Waals surface area contributed by atoms with Crippen molar-refractivity contribution in [3.05, 3.63) is 0 Å². The summed E-state index contributed by atoms with van der Waals surface area (Å²) >= 11 is 0. The topological polar surface area (TPSA) is 58.6 Å². The summed E-state index contributed by atoms with van der Waals surface area (Å²) in [5, 5.41) is 2.91. The minimum atomic E-state index is -1.36. The first-order valence-corrected chi connectivity index (χ1v) is 9.39. The number of ether oxygens (including phenoxy) is 1. The second-order valence-electron chi connectivity index (χ2n) is 7.54. The molecule has 1 aliphatic heterocycles. The molecule has 1 heterocycles. The molecule has 3 aliphatic rings. The van der Waals surface area contributed by atoms with Crippen LogP contribution >= 0.6 is 0 Å². The van der Waals surface area contributed by atoms with Gasteiger partial charge in [0.15, 0.2) is 6.17 Å². The smallest absolute Gasteiger partial charge is 0.257 e. The van der Waals surface area contributed by atoms with Crippen molar-refractivity contribution < 1.29 is 18.7 Å². The van der Waals surface area contributed by atoms with Gasteiger partial charge in [0, 0.05) is 26.1 Å². The van der Waals surface area contributed by atoms with Crippen molar-refractivity contribution in [2.24, 2.45) is 11.8 Å². The number of amides is 2. The second kappa shape index (κ2) is 7.81. The Balaban J connectivity index is 1.31. The third kappa shape index (κ3) is 4.47. The minimum absolute atomic E-state index is 0.0310. The van der Waals surface area contributed by atoms with E-state index in [2.05, 4.69) is 5.32 Å². The number of hydrogen-bond donors (Lipinski definition) is 1. The number of carbonyl (C=O) groups excluding carboxylic acids is 2. The summed E-state index contributed by atoms with van der Waals surface area (Å²) in [6, 6.07) is -0.0310. The van der Waals surface area contributed by atoms with Crippen molar-refractivity contribution in [3.8, 4) is 0 Å². The molecule has 3 fully saturated rings. The molecule has 0 aromatic carbocycles. The normalized spacial score (nSPS) is 30.2. The minimum Gasteiger partial charge on any atom is -0.378 e. The SMILES string of the molecule is CCOC1CC(CC(=O)NCC2CCN2C(=O)C(F)CC2CC2)C1. The van der Waals surface area contributed by atoms with E-state index in [0.717, 1.165) is 38.7 Å². The summed E-state index contributed by atoms with van der Waals surface area (Å²) in [6.45, 7) is 3.77. The molecule has 2 unspecified atom stereocenters. The van der Waals surface area contributed by atoms with E-state index in [1.165, 1.54) is 0 Å². The molecule has 2 amide bonds. The molecule has 0 radical (unpaired) electrons. The van der Waals surface area contributed by atoms with Crippen LogP contribution in [-0.2, 0) is 14.3 Å². The zero-order valence-corrected chi connectivity index (χ0v) is 14.5. The molecule has 1 saturated heterocycles. The molecule has 0 spiro atoms. The summed E-state index contributed by atoms with van der Waals surface area (Å²) in [7, 11) is 0. The second-order valence-corrected chi connectivity index (χ2v) is 7.54. The van der Waals surface area contributed by atoms with Crippen molar-refractivity contribution in [3.63, 3.8) is 0 Å². The highest BCUT2D eigenvalue weighted by atomic mass is 19.1. The third-order valence-electron chi connectivity index (χ3n) is 5.54. The molecule has 2 atom stereocenters. The van der Waals surface area contributed by atoms with E-state index >= 15 is 0 Å². The van der Waals surface area contributed by atoms with Crippen LogP contribution in [0.1, 0.15) is 51.9 Å². The van der Waals surface area contributed by atoms with Crippen LogP contribution in [-0.4, -0.2) is 54.7 Å². The van der Waals surface area contributed by atoms with Gasteiger partial charge in [-0.1, -0.05) is 12.8 Å². The lowest BCUT2D eigenvalue weighted by Gasteiger charge is -2.42. The fourth-order valence-corrected chi connectivity index (χ4v) is 3.65. The van der Waals surface area contributed by atoms with Crippen LogP contribution in [0.4, 0.5) is 4.39 Å². The Hall–Kier alpha value is -1.17. The van der Waals surface area contributed by atoms with Crippen LogP contribution in [0.15, 0.2) is 0 Å². The van der Waals surface area contributed by atoms with Gasteiger partial charge < -0.3 is 15.0 Å². The lowest BCUT2D eigenvalue weighted by atomic mass is 9.80. The molecule has 2 saturated carbocycles. The summed E-state index contributed by atoms with van der Waals surface area (Å²) in [4.78, 5) is 25.7. The Morgan fingerprint density at radius 2 is 2.00 bits per heavy atom. The van der Waals surface area contributed by atoms with Crippen molar-refractivity contribution in [2.75, 3.05) is 19.7 Å². The van der Waals surface area contributed by atoms with E-state index in [1.54, 1.807) is 4.90 Å². The predicted molar refractivity (Wildman–Crippen MR) is 88.1 cm³/mol. The van der Waals surface area contributed by atoms with Crippen molar-refractivity contribution in [2.45, 2.75) is 70.2 Å². The van der Waals surface area contributed by atoms with Gasteiger partial charge >= 0.3 is 0 Å². The predicted octanol–water partition coefficient (Wildman–Crippen LogP) is 2.05. The summed E-state index contributed by atoms with van der Waals surface area (Å²) < 4.78 is 19.5. The fraction of sp³-hybridized carbons (Fsp3) is 0.889. The van der Waals surface area contributed by atoms with Gasteiger partial charge in [-0.3, -0.25) is 9.59 Å². The lowest BCUT2D eigenvalue weighted by Crippen LogP contribution is -2.58. The van der Waals surface area contributed by atoms with Crippen LogP contribution in [0.5, 0.6) is 0 Å². The molecule has 24 heavy (non-hydrogen) atoms. The monoisotopic (exact) mass is 340 g/mol. The van der Waals surface area contributed by atoms with Crippen LogP contribution in [0.3, 0.4) is 0 Å². The van der Waals surface area contributed by atoms with Crippen LogP contribution < -0.4 is 5.32 Å². The maximum Gasteiger partial charge on any atom is 0.257 e. The Morgan fingerprint density at radius 1 is 1.25 bits per heavy atom. The van der Waals surface area contributed by atoms with Crippen molar-refractivity contribution >= 4 is 11.8 Å². The summed E-state index contributed by atoms with van der Waals surface area (Å²) in [5.74, 6) is 0.468. The number of carbonyl (C=O) groups is 2. The fourth-order valence-electron chi connectivity index (χ4n) is 3.65. The molecule has 0 aromatic rings. The first kappa shape index (κ1) is 17.6. The average Bonchev–Trinajstić information content (AvgIpc) is 3.28. The first-order chi connectivity index (χ1) is 11.6. The Kier molecular flexibility index (Phi) is 5.74. The maximum atomic E-state index is 14.0. The highest BCUT2D eigenvalue weighted by Crippen LogP contribution is 2.35. The van der Waals surface area contributed by atoms with Crippen LogP contribution in [0, 0.1) is 11.8 Å². The number of likely N-dealkylation sites (tertiary alicyclic amines) is 1. The van der Waals surface area contributed by atoms with Gasteiger partial charge in [0.25, 0.3) is 5.91 Å². The van der Waals surface area contributed by atoms with Crippen molar-refractivity contribution in [1.82, 2.24) is 10.2 Å². The molecular weight excluding hydrogens is 311 g/mol. The molecule has 1 N–H and O–H groups in total. The highest BCUT2D eigenvalue weighted by molar-refractivity contribution is 5.82. The number of rotatable bonds is 9. The van der Waals surface area contributed by atoms with Gasteiger partial charge in [0.1, 0.15) is 0 Å². The van der Waals surface area contributed by atoms with Gasteiger partial charge in [-0.05, 0) is 44.4 Å². The van der Waals surface area contributed by atoms with Gasteiger partial charge in [-0.25, -0.2) is 4.39 Å². The number of alkyl halides is 1. The Morgan fingerprint density at radius 3 is 2.58 bits per heavy atom.